The normalized spacial score (nSPS) is 15.0. The maximum atomic E-state index is 13.1. The van der Waals surface area contributed by atoms with E-state index in [1.807, 2.05) is 0 Å². The lowest BCUT2D eigenvalue weighted by molar-refractivity contribution is -0.123. The fraction of sp³-hybridized carbons (Fsp3) is 0.0833. The quantitative estimate of drug-likeness (QED) is 0.349. The van der Waals surface area contributed by atoms with Crippen molar-refractivity contribution >= 4 is 44.9 Å². The van der Waals surface area contributed by atoms with Crippen molar-refractivity contribution in [1.82, 2.24) is 4.90 Å². The molecule has 3 aromatic carbocycles. The molecule has 4 rings (SSSR count). The SMILES string of the molecule is O=C1S/C(=C\c2ccc(OCc3ccc(F)cc3)c(Br)c2)C(=O)N1Cc1ccc(F)cc1. The summed E-state index contributed by atoms with van der Waals surface area (Å²) >= 11 is 4.32. The van der Waals surface area contributed by atoms with Crippen LogP contribution in [0.1, 0.15) is 16.7 Å². The predicted molar refractivity (Wildman–Crippen MR) is 123 cm³/mol. The number of halogens is 3. The number of hydrogen-bond acceptors (Lipinski definition) is 4. The molecule has 0 bridgehead atoms. The smallest absolute Gasteiger partial charge is 0.293 e. The van der Waals surface area contributed by atoms with Gasteiger partial charge in [-0.1, -0.05) is 30.3 Å². The maximum absolute atomic E-state index is 13.1. The second kappa shape index (κ2) is 9.67. The summed E-state index contributed by atoms with van der Waals surface area (Å²) in [6.45, 7) is 0.364. The van der Waals surface area contributed by atoms with E-state index in [0.717, 1.165) is 27.8 Å². The number of amides is 2. The van der Waals surface area contributed by atoms with Crippen molar-refractivity contribution in [2.75, 3.05) is 0 Å². The third-order valence-electron chi connectivity index (χ3n) is 4.69. The summed E-state index contributed by atoms with van der Waals surface area (Å²) in [6.07, 6.45) is 1.64. The van der Waals surface area contributed by atoms with Crippen molar-refractivity contribution in [3.63, 3.8) is 0 Å². The van der Waals surface area contributed by atoms with Gasteiger partial charge in [0, 0.05) is 0 Å². The number of benzene rings is 3. The van der Waals surface area contributed by atoms with E-state index in [2.05, 4.69) is 15.9 Å². The molecule has 1 aliphatic heterocycles. The molecule has 0 radical (unpaired) electrons. The number of ether oxygens (including phenoxy) is 1. The van der Waals surface area contributed by atoms with Gasteiger partial charge in [-0.25, -0.2) is 8.78 Å². The van der Waals surface area contributed by atoms with Gasteiger partial charge in [0.1, 0.15) is 24.0 Å². The van der Waals surface area contributed by atoms with Gasteiger partial charge in [-0.3, -0.25) is 14.5 Å². The summed E-state index contributed by atoms with van der Waals surface area (Å²) in [5, 5.41) is -0.371. The van der Waals surface area contributed by atoms with E-state index in [-0.39, 0.29) is 30.0 Å². The third kappa shape index (κ3) is 5.26. The van der Waals surface area contributed by atoms with Crippen molar-refractivity contribution < 1.29 is 23.1 Å². The van der Waals surface area contributed by atoms with Crippen LogP contribution in [0.5, 0.6) is 5.75 Å². The zero-order valence-corrected chi connectivity index (χ0v) is 19.0. The Bertz CT molecular complexity index is 1200. The minimum Gasteiger partial charge on any atom is -0.488 e. The van der Waals surface area contributed by atoms with E-state index in [9.17, 15) is 18.4 Å². The Morgan fingerprint density at radius 3 is 2.16 bits per heavy atom. The largest absolute Gasteiger partial charge is 0.488 e. The van der Waals surface area contributed by atoms with Crippen molar-refractivity contribution in [3.05, 3.63) is 104 Å². The van der Waals surface area contributed by atoms with Crippen LogP contribution in [0.25, 0.3) is 6.08 Å². The lowest BCUT2D eigenvalue weighted by atomic mass is 10.2. The van der Waals surface area contributed by atoms with Gasteiger partial charge >= 0.3 is 0 Å². The summed E-state index contributed by atoms with van der Waals surface area (Å²) in [6, 6.07) is 17.0. The molecule has 4 nitrogen and oxygen atoms in total. The highest BCUT2D eigenvalue weighted by molar-refractivity contribution is 9.10. The van der Waals surface area contributed by atoms with Crippen LogP contribution in [0.4, 0.5) is 13.6 Å². The monoisotopic (exact) mass is 515 g/mol. The molecule has 3 aromatic rings. The van der Waals surface area contributed by atoms with Gasteiger partial charge < -0.3 is 4.74 Å². The van der Waals surface area contributed by atoms with Gasteiger partial charge in [0.05, 0.1) is 15.9 Å². The van der Waals surface area contributed by atoms with E-state index < -0.39 is 5.91 Å². The molecule has 162 valence electrons. The lowest BCUT2D eigenvalue weighted by Gasteiger charge is -2.12. The zero-order valence-electron chi connectivity index (χ0n) is 16.6. The Hall–Kier alpha value is -2.97. The molecule has 0 N–H and O–H groups in total. The number of carbonyl (C=O) groups excluding carboxylic acids is 2. The fourth-order valence-corrected chi connectivity index (χ4v) is 4.37. The first-order chi connectivity index (χ1) is 15.4. The van der Waals surface area contributed by atoms with Crippen LogP contribution in [-0.2, 0) is 17.9 Å². The number of nitrogens with zero attached hydrogens (tertiary/aromatic N) is 1. The first kappa shape index (κ1) is 22.2. The Morgan fingerprint density at radius 2 is 1.53 bits per heavy atom. The molecule has 32 heavy (non-hydrogen) atoms. The fourth-order valence-electron chi connectivity index (χ4n) is 3.03. The summed E-state index contributed by atoms with van der Waals surface area (Å²) < 4.78 is 32.5. The van der Waals surface area contributed by atoms with E-state index >= 15 is 0 Å². The molecule has 0 atom stereocenters. The first-order valence-electron chi connectivity index (χ1n) is 9.55. The van der Waals surface area contributed by atoms with Crippen molar-refractivity contribution in [2.45, 2.75) is 13.2 Å². The highest BCUT2D eigenvalue weighted by Crippen LogP contribution is 2.35. The highest BCUT2D eigenvalue weighted by Gasteiger charge is 2.35. The second-order valence-corrected chi connectivity index (χ2v) is 8.85. The molecular weight excluding hydrogens is 500 g/mol. The third-order valence-corrected chi connectivity index (χ3v) is 6.22. The number of thioether (sulfide) groups is 1. The number of imide groups is 1. The minimum atomic E-state index is -0.392. The number of hydrogen-bond donors (Lipinski definition) is 0. The van der Waals surface area contributed by atoms with Gasteiger partial charge in [0.2, 0.25) is 0 Å². The standard InChI is InChI=1S/C24H16BrF2NO3S/c25-20-11-17(5-10-21(20)31-14-16-3-8-19(27)9-4-16)12-22-23(29)28(24(30)32-22)13-15-1-6-18(26)7-2-15/h1-12H,13-14H2/b22-12-. The number of rotatable bonds is 6. The molecule has 1 saturated heterocycles. The van der Waals surface area contributed by atoms with Crippen LogP contribution in [0.2, 0.25) is 0 Å². The molecule has 0 aliphatic carbocycles. The van der Waals surface area contributed by atoms with Crippen molar-refractivity contribution in [1.29, 1.82) is 0 Å². The maximum Gasteiger partial charge on any atom is 0.293 e. The number of carbonyl (C=O) groups is 2. The zero-order chi connectivity index (χ0) is 22.7. The van der Waals surface area contributed by atoms with E-state index in [1.54, 1.807) is 48.5 Å². The summed E-state index contributed by atoms with van der Waals surface area (Å²) in [7, 11) is 0. The van der Waals surface area contributed by atoms with Crippen molar-refractivity contribution in [2.24, 2.45) is 0 Å². The van der Waals surface area contributed by atoms with Gasteiger partial charge in [-0.15, -0.1) is 0 Å². The molecule has 1 fully saturated rings. The van der Waals surface area contributed by atoms with Crippen LogP contribution >= 0.6 is 27.7 Å². The molecule has 0 spiro atoms. The van der Waals surface area contributed by atoms with Gasteiger partial charge in [0.15, 0.2) is 0 Å². The van der Waals surface area contributed by atoms with E-state index in [4.69, 9.17) is 4.74 Å². The highest BCUT2D eigenvalue weighted by atomic mass is 79.9. The van der Waals surface area contributed by atoms with E-state index in [0.29, 0.717) is 20.7 Å². The lowest BCUT2D eigenvalue weighted by Crippen LogP contribution is -2.27. The molecule has 8 heteroatoms. The van der Waals surface area contributed by atoms with Crippen LogP contribution in [-0.4, -0.2) is 16.0 Å². The molecule has 1 aliphatic rings. The van der Waals surface area contributed by atoms with Crippen LogP contribution < -0.4 is 4.74 Å². The van der Waals surface area contributed by atoms with Crippen LogP contribution in [0, 0.1) is 11.6 Å². The first-order valence-corrected chi connectivity index (χ1v) is 11.2. The summed E-state index contributed by atoms with van der Waals surface area (Å²) in [5.74, 6) is -0.479. The summed E-state index contributed by atoms with van der Waals surface area (Å²) in [5.41, 5.74) is 2.22. The summed E-state index contributed by atoms with van der Waals surface area (Å²) in [4.78, 5) is 26.5. The van der Waals surface area contributed by atoms with Crippen LogP contribution in [0.15, 0.2) is 76.1 Å². The molecule has 0 unspecified atom stereocenters. The molecule has 2 amide bonds. The van der Waals surface area contributed by atoms with Gasteiger partial charge in [-0.05, 0) is 86.9 Å². The average Bonchev–Trinajstić information content (AvgIpc) is 3.03. The topological polar surface area (TPSA) is 46.6 Å². The van der Waals surface area contributed by atoms with E-state index in [1.165, 1.54) is 24.3 Å². The molecule has 1 heterocycles. The van der Waals surface area contributed by atoms with Crippen molar-refractivity contribution in [3.8, 4) is 5.75 Å². The molecular formula is C24H16BrF2NO3S. The Labute approximate surface area is 196 Å². The van der Waals surface area contributed by atoms with Gasteiger partial charge in [-0.2, -0.15) is 0 Å². The predicted octanol–water partition coefficient (Wildman–Crippen LogP) is 6.54. The molecule has 0 saturated carbocycles. The molecule has 0 aromatic heterocycles. The Balaban J connectivity index is 1.44. The Morgan fingerprint density at radius 1 is 0.906 bits per heavy atom. The van der Waals surface area contributed by atoms with Gasteiger partial charge in [0.25, 0.3) is 11.1 Å². The second-order valence-electron chi connectivity index (χ2n) is 7.00. The van der Waals surface area contributed by atoms with Crippen LogP contribution in [0.3, 0.4) is 0 Å². The average molecular weight is 516 g/mol. The Kier molecular flexibility index (Phi) is 6.72. The minimum absolute atomic E-state index is 0.0855.